The second-order valence-corrected chi connectivity index (χ2v) is 9.20. The number of ether oxygens (including phenoxy) is 5. The first kappa shape index (κ1) is 26.6. The smallest absolute Gasteiger partial charge is 0.157 e. The monoisotopic (exact) mass is 413 g/mol. The quantitative estimate of drug-likeness (QED) is 0.199. The summed E-state index contributed by atoms with van der Waals surface area (Å²) in [5, 5.41) is 0. The van der Waals surface area contributed by atoms with Gasteiger partial charge in [0.15, 0.2) is 12.6 Å². The van der Waals surface area contributed by atoms with E-state index in [1.807, 2.05) is 0 Å². The summed E-state index contributed by atoms with van der Waals surface area (Å²) in [7, 11) is 8.53. The van der Waals surface area contributed by atoms with Crippen molar-refractivity contribution in [3.63, 3.8) is 0 Å². The summed E-state index contributed by atoms with van der Waals surface area (Å²) in [6.45, 7) is 3.36. The van der Waals surface area contributed by atoms with Gasteiger partial charge in [-0.15, -0.1) is 17.2 Å². The predicted molar refractivity (Wildman–Crippen MR) is 114 cm³/mol. The van der Waals surface area contributed by atoms with Gasteiger partial charge in [0.05, 0.1) is 5.60 Å². The second kappa shape index (κ2) is 17.7. The van der Waals surface area contributed by atoms with Gasteiger partial charge in [0.25, 0.3) is 0 Å². The molecule has 0 aliphatic carbocycles. The number of methoxy groups -OCH3 is 4. The summed E-state index contributed by atoms with van der Waals surface area (Å²) >= 11 is 0. The molecule has 6 nitrogen and oxygen atoms in total. The highest BCUT2D eigenvalue weighted by Crippen LogP contribution is 2.28. The molecule has 2 atom stereocenters. The number of hydrogen-bond donors (Lipinski definition) is 1. The van der Waals surface area contributed by atoms with Gasteiger partial charge < -0.3 is 29.4 Å². The summed E-state index contributed by atoms with van der Waals surface area (Å²) in [4.78, 5) is 0. The molecule has 0 fully saturated rings. The van der Waals surface area contributed by atoms with E-state index < -0.39 is 0 Å². The minimum Gasteiger partial charge on any atom is -0.374 e. The van der Waals surface area contributed by atoms with E-state index in [0.29, 0.717) is 13.2 Å². The van der Waals surface area contributed by atoms with E-state index in [1.165, 1.54) is 0 Å². The molecule has 0 saturated carbocycles. The fraction of sp³-hybridized carbons (Fsp3) is 1.00. The first-order valence-corrected chi connectivity index (χ1v) is 12.3. The summed E-state index contributed by atoms with van der Waals surface area (Å²) in [6.07, 6.45) is 8.32. The molecule has 0 amide bonds. The Bertz CT molecular complexity index is 283. The molecule has 26 heavy (non-hydrogen) atoms. The summed E-state index contributed by atoms with van der Waals surface area (Å²) in [6, 6.07) is 0. The molecule has 0 spiro atoms. The van der Waals surface area contributed by atoms with Crippen molar-refractivity contribution in [1.29, 1.82) is 0 Å². The highest BCUT2D eigenvalue weighted by Gasteiger charge is 2.28. The normalized spacial score (nSPS) is 15.2. The maximum atomic E-state index is 6.11. The molecule has 0 aliphatic rings. The zero-order valence-electron chi connectivity index (χ0n) is 17.3. The molecular weight excluding hydrogens is 372 g/mol. The van der Waals surface area contributed by atoms with Gasteiger partial charge in [0.2, 0.25) is 0 Å². The fourth-order valence-corrected chi connectivity index (χ4v) is 5.47. The topological polar surface area (TPSA) is 72.2 Å². The minimum atomic E-state index is -0.168. The van der Waals surface area contributed by atoms with E-state index in [1.54, 1.807) is 28.4 Å². The summed E-state index contributed by atoms with van der Waals surface area (Å²) < 4.78 is 27.0. The van der Waals surface area contributed by atoms with Crippen LogP contribution in [0.4, 0.5) is 0 Å². The molecule has 0 radical (unpaired) electrons. The molecule has 0 saturated heterocycles. The van der Waals surface area contributed by atoms with Crippen LogP contribution in [0.25, 0.3) is 0 Å². The lowest BCUT2D eigenvalue weighted by Crippen LogP contribution is -2.42. The lowest BCUT2D eigenvalue weighted by molar-refractivity contribution is -0.102. The van der Waals surface area contributed by atoms with E-state index in [2.05, 4.69) is 6.92 Å². The summed E-state index contributed by atoms with van der Waals surface area (Å²) in [5.41, 5.74) is 5.94. The van der Waals surface area contributed by atoms with E-state index >= 15 is 0 Å². The van der Waals surface area contributed by atoms with Crippen LogP contribution in [0, 0.1) is 0 Å². The Kier molecular flexibility index (Phi) is 18.1. The van der Waals surface area contributed by atoms with E-state index in [0.717, 1.165) is 67.5 Å². The zero-order chi connectivity index (χ0) is 19.7. The maximum Gasteiger partial charge on any atom is 0.157 e. The van der Waals surface area contributed by atoms with E-state index in [4.69, 9.17) is 29.4 Å². The van der Waals surface area contributed by atoms with Crippen LogP contribution in [0.1, 0.15) is 32.6 Å². The molecule has 0 aromatic rings. The Morgan fingerprint density at radius 3 is 1.50 bits per heavy atom. The molecule has 158 valence electrons. The van der Waals surface area contributed by atoms with E-state index in [-0.39, 0.29) is 18.2 Å². The van der Waals surface area contributed by atoms with Gasteiger partial charge in [-0.1, -0.05) is 0 Å². The van der Waals surface area contributed by atoms with Crippen LogP contribution in [-0.2, 0) is 23.7 Å². The fourth-order valence-electron chi connectivity index (χ4n) is 2.82. The SMILES string of the molecule is CCOC(CN)(CCPCCC(OC)OC)CCPCCC(OC)OC. The van der Waals surface area contributed by atoms with Crippen LogP contribution >= 0.6 is 17.2 Å². The van der Waals surface area contributed by atoms with Crippen molar-refractivity contribution < 1.29 is 23.7 Å². The highest BCUT2D eigenvalue weighted by molar-refractivity contribution is 7.38. The van der Waals surface area contributed by atoms with Gasteiger partial charge >= 0.3 is 0 Å². The number of hydrogen-bond acceptors (Lipinski definition) is 6. The molecule has 0 aliphatic heterocycles. The molecular formula is C18H41NO5P2. The third kappa shape index (κ3) is 12.2. The van der Waals surface area contributed by atoms with Crippen LogP contribution in [0.5, 0.6) is 0 Å². The van der Waals surface area contributed by atoms with Gasteiger partial charge in [0.1, 0.15) is 0 Å². The first-order chi connectivity index (χ1) is 12.6. The van der Waals surface area contributed by atoms with Crippen molar-refractivity contribution in [2.45, 2.75) is 50.8 Å². The standard InChI is InChI=1S/C18H41NO5P2/c1-6-24-18(15-19,9-13-25-11-7-16(20-2)21-3)10-14-26-12-8-17(22-4)23-5/h16-17,25-26H,6-15,19H2,1-5H3. The van der Waals surface area contributed by atoms with Crippen molar-refractivity contribution in [2.24, 2.45) is 5.73 Å². The zero-order valence-corrected chi connectivity index (χ0v) is 19.3. The molecule has 0 aromatic heterocycles. The van der Waals surface area contributed by atoms with Crippen molar-refractivity contribution >= 4 is 17.2 Å². The molecule has 2 N–H and O–H groups in total. The average molecular weight is 413 g/mol. The summed E-state index contributed by atoms with van der Waals surface area (Å²) in [5.74, 6) is 0. The Balaban J connectivity index is 4.14. The predicted octanol–water partition coefficient (Wildman–Crippen LogP) is 2.88. The molecule has 0 aromatic carbocycles. The van der Waals surface area contributed by atoms with E-state index in [9.17, 15) is 0 Å². The number of nitrogens with two attached hydrogens (primary N) is 1. The third-order valence-electron chi connectivity index (χ3n) is 4.50. The van der Waals surface area contributed by atoms with Gasteiger partial charge in [-0.25, -0.2) is 0 Å². The molecule has 0 rings (SSSR count). The van der Waals surface area contributed by atoms with Crippen molar-refractivity contribution in [3.8, 4) is 0 Å². The minimum absolute atomic E-state index is 0.0853. The van der Waals surface area contributed by atoms with Crippen LogP contribution in [0.2, 0.25) is 0 Å². The maximum absolute atomic E-state index is 6.11. The van der Waals surface area contributed by atoms with Gasteiger partial charge in [-0.05, 0) is 44.4 Å². The lowest BCUT2D eigenvalue weighted by Gasteiger charge is -2.33. The van der Waals surface area contributed by atoms with Crippen LogP contribution in [0.15, 0.2) is 0 Å². The Hall–Kier alpha value is 0.620. The van der Waals surface area contributed by atoms with Gasteiger partial charge in [-0.3, -0.25) is 0 Å². The second-order valence-electron chi connectivity index (χ2n) is 6.20. The van der Waals surface area contributed by atoms with Crippen LogP contribution in [0.3, 0.4) is 0 Å². The number of rotatable bonds is 19. The molecule has 8 heteroatoms. The molecule has 0 bridgehead atoms. The van der Waals surface area contributed by atoms with Crippen LogP contribution in [-0.4, -0.2) is 84.4 Å². The largest absolute Gasteiger partial charge is 0.374 e. The van der Waals surface area contributed by atoms with Crippen molar-refractivity contribution in [1.82, 2.24) is 0 Å². The average Bonchev–Trinajstić information content (AvgIpc) is 2.67. The molecule has 0 heterocycles. The first-order valence-electron chi connectivity index (χ1n) is 9.48. The highest BCUT2D eigenvalue weighted by atomic mass is 31.1. The molecule has 2 unspecified atom stereocenters. The third-order valence-corrected chi connectivity index (χ3v) is 6.99. The van der Waals surface area contributed by atoms with Gasteiger partial charge in [0, 0.05) is 54.4 Å². The van der Waals surface area contributed by atoms with Crippen molar-refractivity contribution in [2.75, 3.05) is 66.2 Å². The Morgan fingerprint density at radius 1 is 0.769 bits per heavy atom. The van der Waals surface area contributed by atoms with Crippen molar-refractivity contribution in [3.05, 3.63) is 0 Å². The van der Waals surface area contributed by atoms with Crippen LogP contribution < -0.4 is 5.73 Å². The lowest BCUT2D eigenvalue weighted by atomic mass is 9.97. The Morgan fingerprint density at radius 2 is 1.19 bits per heavy atom. The van der Waals surface area contributed by atoms with Gasteiger partial charge in [-0.2, -0.15) is 0 Å². The Labute approximate surface area is 164 Å².